The van der Waals surface area contributed by atoms with Crippen LogP contribution in [0, 0.1) is 6.92 Å². The van der Waals surface area contributed by atoms with Crippen LogP contribution in [0.15, 0.2) is 28.0 Å². The van der Waals surface area contributed by atoms with Crippen molar-refractivity contribution in [1.82, 2.24) is 19.6 Å². The smallest absolute Gasteiger partial charge is 0.308 e. The summed E-state index contributed by atoms with van der Waals surface area (Å²) < 4.78 is 6.58. The maximum absolute atomic E-state index is 13.6. The summed E-state index contributed by atoms with van der Waals surface area (Å²) in [4.78, 5) is 59.3. The SMILES string of the molecule is CCN1C(=O)C(=Cc2c(N3CCNC(=O)C3CC(=O)OC)nc3ccc(C)cn3c2=O)SC1=S. The molecule has 0 spiro atoms. The van der Waals surface area contributed by atoms with E-state index in [0.717, 1.165) is 17.3 Å². The van der Waals surface area contributed by atoms with Gasteiger partial charge in [-0.2, -0.15) is 0 Å². The van der Waals surface area contributed by atoms with Crippen molar-refractivity contribution >= 4 is 63.6 Å². The first kappa shape index (κ1) is 23.9. The lowest BCUT2D eigenvalue weighted by molar-refractivity contribution is -0.143. The van der Waals surface area contributed by atoms with Gasteiger partial charge in [0, 0.05) is 25.8 Å². The zero-order valence-corrected chi connectivity index (χ0v) is 20.5. The molecule has 0 bridgehead atoms. The predicted octanol–water partition coefficient (Wildman–Crippen LogP) is 1.09. The van der Waals surface area contributed by atoms with E-state index in [1.807, 2.05) is 19.9 Å². The first-order chi connectivity index (χ1) is 16.2. The third-order valence-electron chi connectivity index (χ3n) is 5.64. The van der Waals surface area contributed by atoms with Crippen LogP contribution in [-0.2, 0) is 19.1 Å². The quantitative estimate of drug-likeness (QED) is 0.365. The summed E-state index contributed by atoms with van der Waals surface area (Å²) in [7, 11) is 1.25. The highest BCUT2D eigenvalue weighted by atomic mass is 32.2. The number of aryl methyl sites for hydroxylation is 1. The van der Waals surface area contributed by atoms with Gasteiger partial charge in [0.05, 0.1) is 24.0 Å². The Morgan fingerprint density at radius 1 is 1.35 bits per heavy atom. The van der Waals surface area contributed by atoms with E-state index in [4.69, 9.17) is 17.0 Å². The first-order valence-electron chi connectivity index (χ1n) is 10.6. The van der Waals surface area contributed by atoms with E-state index in [9.17, 15) is 19.2 Å². The number of esters is 1. The average molecular weight is 502 g/mol. The summed E-state index contributed by atoms with van der Waals surface area (Å²) in [6, 6.07) is 2.62. The van der Waals surface area contributed by atoms with Gasteiger partial charge in [0.2, 0.25) is 5.91 Å². The van der Waals surface area contributed by atoms with Gasteiger partial charge in [0.1, 0.15) is 21.8 Å². The third-order valence-corrected chi connectivity index (χ3v) is 7.02. The second-order valence-electron chi connectivity index (χ2n) is 7.80. The maximum Gasteiger partial charge on any atom is 0.308 e. The van der Waals surface area contributed by atoms with E-state index in [1.54, 1.807) is 17.2 Å². The molecule has 4 heterocycles. The topological polar surface area (TPSA) is 113 Å². The van der Waals surface area contributed by atoms with E-state index < -0.39 is 17.6 Å². The Hall–Kier alpha value is -3.25. The van der Waals surface area contributed by atoms with Crippen LogP contribution in [0.2, 0.25) is 0 Å². The molecule has 1 unspecified atom stereocenters. The van der Waals surface area contributed by atoms with Gasteiger partial charge in [0.25, 0.3) is 11.5 Å². The number of methoxy groups -OCH3 is 1. The molecule has 34 heavy (non-hydrogen) atoms. The Balaban J connectivity index is 1.93. The summed E-state index contributed by atoms with van der Waals surface area (Å²) in [6.45, 7) is 4.71. The number of hydrogen-bond donors (Lipinski definition) is 1. The van der Waals surface area contributed by atoms with Gasteiger partial charge < -0.3 is 15.0 Å². The van der Waals surface area contributed by atoms with Gasteiger partial charge in [-0.3, -0.25) is 28.5 Å². The van der Waals surface area contributed by atoms with Crippen LogP contribution in [0.3, 0.4) is 0 Å². The molecule has 2 fully saturated rings. The highest BCUT2D eigenvalue weighted by Crippen LogP contribution is 2.33. The van der Waals surface area contributed by atoms with Gasteiger partial charge >= 0.3 is 5.97 Å². The number of nitrogens with zero attached hydrogens (tertiary/aromatic N) is 4. The number of ether oxygens (including phenoxy) is 1. The predicted molar refractivity (Wildman–Crippen MR) is 133 cm³/mol. The van der Waals surface area contributed by atoms with Crippen LogP contribution in [0.25, 0.3) is 11.7 Å². The lowest BCUT2D eigenvalue weighted by Gasteiger charge is -2.36. The van der Waals surface area contributed by atoms with Crippen LogP contribution in [0.4, 0.5) is 5.82 Å². The number of carbonyl (C=O) groups excluding carboxylic acids is 3. The molecule has 2 saturated heterocycles. The number of amides is 2. The van der Waals surface area contributed by atoms with Crippen molar-refractivity contribution in [2.45, 2.75) is 26.3 Å². The minimum Gasteiger partial charge on any atom is -0.469 e. The van der Waals surface area contributed by atoms with Gasteiger partial charge in [-0.25, -0.2) is 4.98 Å². The number of pyridine rings is 1. The fourth-order valence-electron chi connectivity index (χ4n) is 3.91. The molecule has 2 aromatic heterocycles. The van der Waals surface area contributed by atoms with E-state index in [2.05, 4.69) is 10.3 Å². The van der Waals surface area contributed by atoms with E-state index in [1.165, 1.54) is 22.5 Å². The molecule has 4 rings (SSSR count). The van der Waals surface area contributed by atoms with Crippen molar-refractivity contribution in [3.05, 3.63) is 44.7 Å². The minimum absolute atomic E-state index is 0.143. The molecule has 0 aliphatic carbocycles. The highest BCUT2D eigenvalue weighted by molar-refractivity contribution is 8.26. The van der Waals surface area contributed by atoms with Crippen LogP contribution in [-0.4, -0.2) is 69.2 Å². The lowest BCUT2D eigenvalue weighted by Crippen LogP contribution is -2.57. The molecule has 2 aliphatic rings. The molecule has 10 nitrogen and oxygen atoms in total. The average Bonchev–Trinajstić information content (AvgIpc) is 3.09. The number of carbonyl (C=O) groups is 3. The van der Waals surface area contributed by atoms with Crippen LogP contribution < -0.4 is 15.8 Å². The second-order valence-corrected chi connectivity index (χ2v) is 9.47. The normalized spacial score (nSPS) is 19.8. The number of aromatic nitrogens is 2. The van der Waals surface area contributed by atoms with Crippen molar-refractivity contribution in [2.75, 3.05) is 31.6 Å². The van der Waals surface area contributed by atoms with E-state index >= 15 is 0 Å². The lowest BCUT2D eigenvalue weighted by atomic mass is 10.1. The van der Waals surface area contributed by atoms with E-state index in [0.29, 0.717) is 34.5 Å². The molecule has 12 heteroatoms. The van der Waals surface area contributed by atoms with Crippen LogP contribution >= 0.6 is 24.0 Å². The van der Waals surface area contributed by atoms with Gasteiger partial charge in [-0.05, 0) is 31.6 Å². The number of hydrogen-bond acceptors (Lipinski definition) is 9. The summed E-state index contributed by atoms with van der Waals surface area (Å²) in [5.74, 6) is -1.00. The molecule has 1 N–H and O–H groups in total. The number of thiocarbonyl (C=S) groups is 1. The fraction of sp³-hybridized carbons (Fsp3) is 0.364. The molecule has 2 aliphatic heterocycles. The van der Waals surface area contributed by atoms with Gasteiger partial charge in [0.15, 0.2) is 0 Å². The van der Waals surface area contributed by atoms with Crippen molar-refractivity contribution in [3.63, 3.8) is 0 Å². The summed E-state index contributed by atoms with van der Waals surface area (Å²) in [5, 5.41) is 2.74. The number of likely N-dealkylation sites (N-methyl/N-ethyl adjacent to an activating group) is 1. The number of rotatable bonds is 5. The Kier molecular flexibility index (Phi) is 6.71. The Labute approximate surface area is 204 Å². The summed E-state index contributed by atoms with van der Waals surface area (Å²) in [5.41, 5.74) is 0.984. The van der Waals surface area contributed by atoms with Gasteiger partial charge in [-0.15, -0.1) is 0 Å². The fourth-order valence-corrected chi connectivity index (χ4v) is 5.27. The standard InChI is InChI=1S/C22H23N5O5S2/c1-4-25-21(31)15(34-22(25)33)9-13-18(24-16-6-5-12(2)11-27(16)20(13)30)26-8-7-23-19(29)14(26)10-17(28)32-3/h5-6,9,11,14H,4,7-8,10H2,1-3H3,(H,23,29). The van der Waals surface area contributed by atoms with E-state index in [-0.39, 0.29) is 29.6 Å². The van der Waals surface area contributed by atoms with Crippen molar-refractivity contribution < 1.29 is 19.1 Å². The molecule has 1 atom stereocenters. The van der Waals surface area contributed by atoms with Crippen LogP contribution in [0.5, 0.6) is 0 Å². The Morgan fingerprint density at radius 3 is 2.79 bits per heavy atom. The third kappa shape index (κ3) is 4.30. The van der Waals surface area contributed by atoms with Crippen molar-refractivity contribution in [2.24, 2.45) is 0 Å². The molecule has 178 valence electrons. The van der Waals surface area contributed by atoms with Crippen LogP contribution in [0.1, 0.15) is 24.5 Å². The molecule has 0 saturated carbocycles. The number of piperazine rings is 1. The zero-order valence-electron chi connectivity index (χ0n) is 18.9. The molecular formula is C22H23N5O5S2. The highest BCUT2D eigenvalue weighted by Gasteiger charge is 2.36. The summed E-state index contributed by atoms with van der Waals surface area (Å²) >= 11 is 6.41. The van der Waals surface area contributed by atoms with Crippen molar-refractivity contribution in [3.8, 4) is 0 Å². The molecule has 0 radical (unpaired) electrons. The number of thioether (sulfide) groups is 1. The number of fused-ring (bicyclic) bond motifs is 1. The molecule has 2 aromatic rings. The molecule has 0 aromatic carbocycles. The monoisotopic (exact) mass is 501 g/mol. The molecule has 2 amide bonds. The second kappa shape index (κ2) is 9.55. The molecular weight excluding hydrogens is 478 g/mol. The first-order valence-corrected chi connectivity index (χ1v) is 11.9. The Morgan fingerprint density at radius 2 is 2.12 bits per heavy atom. The summed E-state index contributed by atoms with van der Waals surface area (Å²) in [6.07, 6.45) is 2.93. The Bertz CT molecular complexity index is 1300. The number of anilines is 1. The largest absolute Gasteiger partial charge is 0.469 e. The van der Waals surface area contributed by atoms with Crippen molar-refractivity contribution in [1.29, 1.82) is 0 Å². The number of nitrogens with one attached hydrogen (secondary N) is 1. The van der Waals surface area contributed by atoms with Gasteiger partial charge in [-0.1, -0.05) is 30.0 Å². The minimum atomic E-state index is -0.918. The zero-order chi connectivity index (χ0) is 24.6. The maximum atomic E-state index is 13.6.